The molecule has 7 nitrogen and oxygen atoms in total. The van der Waals surface area contributed by atoms with Crippen LogP contribution in [-0.2, 0) is 4.74 Å². The van der Waals surface area contributed by atoms with Crippen molar-refractivity contribution < 1.29 is 19.4 Å². The van der Waals surface area contributed by atoms with Crippen LogP contribution in [0.1, 0.15) is 24.3 Å². The number of carbonyl (C=O) groups excluding carboxylic acids is 1. The van der Waals surface area contributed by atoms with Crippen molar-refractivity contribution in [1.82, 2.24) is 9.88 Å². The van der Waals surface area contributed by atoms with Crippen molar-refractivity contribution in [3.63, 3.8) is 0 Å². The Morgan fingerprint density at radius 1 is 1.43 bits per heavy atom. The summed E-state index contributed by atoms with van der Waals surface area (Å²) < 4.78 is 5.00. The maximum absolute atomic E-state index is 12.2. The second-order valence-electron chi connectivity index (χ2n) is 5.00. The minimum absolute atomic E-state index is 0.0635. The SMILES string of the molecule is COCCN(CC(C)C)C(=O)Nc1ccc(C(=O)O)nc1. The predicted octanol–water partition coefficient (Wildman–Crippen LogP) is 1.92. The van der Waals surface area contributed by atoms with Gasteiger partial charge >= 0.3 is 12.0 Å². The Labute approximate surface area is 123 Å². The van der Waals surface area contributed by atoms with Crippen LogP contribution in [0.4, 0.5) is 10.5 Å². The largest absolute Gasteiger partial charge is 0.477 e. The van der Waals surface area contributed by atoms with E-state index in [9.17, 15) is 9.59 Å². The van der Waals surface area contributed by atoms with E-state index in [0.29, 0.717) is 31.3 Å². The lowest BCUT2D eigenvalue weighted by atomic mass is 10.2. The van der Waals surface area contributed by atoms with Crippen LogP contribution in [0, 0.1) is 5.92 Å². The van der Waals surface area contributed by atoms with E-state index >= 15 is 0 Å². The summed E-state index contributed by atoms with van der Waals surface area (Å²) in [4.78, 5) is 28.3. The molecule has 0 spiro atoms. The summed E-state index contributed by atoms with van der Waals surface area (Å²) in [5.41, 5.74) is 0.391. The number of urea groups is 1. The molecule has 0 unspecified atom stereocenters. The van der Waals surface area contributed by atoms with Gasteiger partial charge < -0.3 is 20.1 Å². The number of pyridine rings is 1. The smallest absolute Gasteiger partial charge is 0.354 e. The molecule has 0 radical (unpaired) electrons. The third kappa shape index (κ3) is 5.78. The van der Waals surface area contributed by atoms with Gasteiger partial charge in [0.15, 0.2) is 0 Å². The van der Waals surface area contributed by atoms with Crippen LogP contribution >= 0.6 is 0 Å². The minimum atomic E-state index is -1.10. The van der Waals surface area contributed by atoms with Crippen molar-refractivity contribution in [3.05, 3.63) is 24.0 Å². The second kappa shape index (κ2) is 8.21. The fourth-order valence-electron chi connectivity index (χ4n) is 1.71. The van der Waals surface area contributed by atoms with Gasteiger partial charge in [-0.2, -0.15) is 0 Å². The molecule has 0 aromatic carbocycles. The monoisotopic (exact) mass is 295 g/mol. The molecule has 0 fully saturated rings. The van der Waals surface area contributed by atoms with Gasteiger partial charge in [0.1, 0.15) is 5.69 Å². The van der Waals surface area contributed by atoms with Gasteiger partial charge in [0.05, 0.1) is 18.5 Å². The number of carbonyl (C=O) groups is 2. The summed E-state index contributed by atoms with van der Waals surface area (Å²) >= 11 is 0. The Morgan fingerprint density at radius 3 is 2.62 bits per heavy atom. The third-order valence-electron chi connectivity index (χ3n) is 2.67. The van der Waals surface area contributed by atoms with Crippen LogP contribution < -0.4 is 5.32 Å². The van der Waals surface area contributed by atoms with E-state index in [1.54, 1.807) is 12.0 Å². The van der Waals surface area contributed by atoms with Gasteiger partial charge in [0.2, 0.25) is 0 Å². The molecule has 0 saturated heterocycles. The quantitative estimate of drug-likeness (QED) is 0.801. The number of hydrogen-bond acceptors (Lipinski definition) is 4. The van der Waals surface area contributed by atoms with Gasteiger partial charge in [-0.25, -0.2) is 14.6 Å². The Morgan fingerprint density at radius 2 is 2.14 bits per heavy atom. The number of amides is 2. The summed E-state index contributed by atoms with van der Waals surface area (Å²) in [5.74, 6) is -0.769. The molecule has 0 aliphatic carbocycles. The molecule has 2 N–H and O–H groups in total. The molecule has 116 valence electrons. The molecule has 0 aliphatic heterocycles. The highest BCUT2D eigenvalue weighted by Crippen LogP contribution is 2.09. The molecule has 1 rings (SSSR count). The van der Waals surface area contributed by atoms with Crippen LogP contribution in [0.25, 0.3) is 0 Å². The van der Waals surface area contributed by atoms with Crippen molar-refractivity contribution >= 4 is 17.7 Å². The zero-order valence-corrected chi connectivity index (χ0v) is 12.5. The van der Waals surface area contributed by atoms with E-state index in [4.69, 9.17) is 9.84 Å². The van der Waals surface area contributed by atoms with Crippen molar-refractivity contribution in [2.75, 3.05) is 32.1 Å². The van der Waals surface area contributed by atoms with Gasteiger partial charge in [-0.3, -0.25) is 0 Å². The van der Waals surface area contributed by atoms with E-state index in [-0.39, 0.29) is 11.7 Å². The van der Waals surface area contributed by atoms with Gasteiger partial charge in [-0.1, -0.05) is 13.8 Å². The molecule has 0 bridgehead atoms. The number of methoxy groups -OCH3 is 1. The number of carboxylic acid groups (broad SMARTS) is 1. The number of nitrogens with one attached hydrogen (secondary N) is 1. The molecule has 1 aromatic heterocycles. The fraction of sp³-hybridized carbons (Fsp3) is 0.500. The van der Waals surface area contributed by atoms with Gasteiger partial charge in [0, 0.05) is 20.2 Å². The highest BCUT2D eigenvalue weighted by Gasteiger charge is 2.15. The molecular formula is C14H21N3O4. The molecule has 1 heterocycles. The Balaban J connectivity index is 2.68. The third-order valence-corrected chi connectivity index (χ3v) is 2.67. The Kier molecular flexibility index (Phi) is 6.61. The van der Waals surface area contributed by atoms with Gasteiger partial charge in [0.25, 0.3) is 0 Å². The normalized spacial score (nSPS) is 10.5. The average molecular weight is 295 g/mol. The highest BCUT2D eigenvalue weighted by atomic mass is 16.5. The molecule has 0 aliphatic rings. The zero-order chi connectivity index (χ0) is 15.8. The van der Waals surface area contributed by atoms with Crippen LogP contribution in [0.5, 0.6) is 0 Å². The molecule has 2 amide bonds. The van der Waals surface area contributed by atoms with E-state index in [1.165, 1.54) is 18.3 Å². The summed E-state index contributed by atoms with van der Waals surface area (Å²) in [6.07, 6.45) is 1.32. The summed E-state index contributed by atoms with van der Waals surface area (Å²) in [7, 11) is 1.58. The topological polar surface area (TPSA) is 91.8 Å². The second-order valence-corrected chi connectivity index (χ2v) is 5.00. The summed E-state index contributed by atoms with van der Waals surface area (Å²) in [6, 6.07) is 2.60. The van der Waals surface area contributed by atoms with Gasteiger partial charge in [-0.05, 0) is 18.1 Å². The Bertz CT molecular complexity index is 474. The Hall–Kier alpha value is -2.15. The number of aromatic carboxylic acids is 1. The number of carboxylic acids is 1. The lowest BCUT2D eigenvalue weighted by molar-refractivity contribution is 0.0690. The van der Waals surface area contributed by atoms with Gasteiger partial charge in [-0.15, -0.1) is 0 Å². The average Bonchev–Trinajstić information content (AvgIpc) is 2.43. The molecule has 0 saturated carbocycles. The maximum Gasteiger partial charge on any atom is 0.354 e. The van der Waals surface area contributed by atoms with E-state index in [1.807, 2.05) is 13.8 Å². The van der Waals surface area contributed by atoms with Crippen LogP contribution in [0.3, 0.4) is 0 Å². The van der Waals surface area contributed by atoms with E-state index in [2.05, 4.69) is 10.3 Å². The molecule has 7 heteroatoms. The van der Waals surface area contributed by atoms with Crippen molar-refractivity contribution in [2.45, 2.75) is 13.8 Å². The van der Waals surface area contributed by atoms with Crippen LogP contribution in [0.2, 0.25) is 0 Å². The number of nitrogens with zero attached hydrogens (tertiary/aromatic N) is 2. The number of hydrogen-bond donors (Lipinski definition) is 2. The standard InChI is InChI=1S/C14H21N3O4/c1-10(2)9-17(6-7-21-3)14(20)16-11-4-5-12(13(18)19)15-8-11/h4-5,8,10H,6-7,9H2,1-3H3,(H,16,20)(H,18,19). The highest BCUT2D eigenvalue weighted by molar-refractivity contribution is 5.90. The lowest BCUT2D eigenvalue weighted by Crippen LogP contribution is -2.39. The van der Waals surface area contributed by atoms with Crippen LogP contribution in [-0.4, -0.2) is 53.8 Å². The number of anilines is 1. The van der Waals surface area contributed by atoms with Crippen molar-refractivity contribution in [2.24, 2.45) is 5.92 Å². The zero-order valence-electron chi connectivity index (χ0n) is 12.5. The van der Waals surface area contributed by atoms with Crippen molar-refractivity contribution in [1.29, 1.82) is 0 Å². The minimum Gasteiger partial charge on any atom is -0.477 e. The van der Waals surface area contributed by atoms with E-state index in [0.717, 1.165) is 0 Å². The first-order valence-corrected chi connectivity index (χ1v) is 6.68. The summed E-state index contributed by atoms with van der Waals surface area (Å²) in [5, 5.41) is 11.5. The maximum atomic E-state index is 12.2. The summed E-state index contributed by atoms with van der Waals surface area (Å²) in [6.45, 7) is 5.60. The first-order valence-electron chi connectivity index (χ1n) is 6.68. The fourth-order valence-corrected chi connectivity index (χ4v) is 1.71. The first-order chi connectivity index (χ1) is 9.93. The van der Waals surface area contributed by atoms with Crippen molar-refractivity contribution in [3.8, 4) is 0 Å². The number of ether oxygens (including phenoxy) is 1. The molecule has 0 atom stereocenters. The first kappa shape index (κ1) is 16.9. The molecular weight excluding hydrogens is 274 g/mol. The molecule has 21 heavy (non-hydrogen) atoms. The van der Waals surface area contributed by atoms with Crippen LogP contribution in [0.15, 0.2) is 18.3 Å². The number of rotatable bonds is 7. The van der Waals surface area contributed by atoms with E-state index < -0.39 is 5.97 Å². The lowest BCUT2D eigenvalue weighted by Gasteiger charge is -2.24. The number of aromatic nitrogens is 1. The predicted molar refractivity (Wildman–Crippen MR) is 78.5 cm³/mol. The molecule has 1 aromatic rings.